The highest BCUT2D eigenvalue weighted by Gasteiger charge is 2.28. The van der Waals surface area contributed by atoms with Crippen LogP contribution in [0.5, 0.6) is 0 Å². The minimum atomic E-state index is 0.0516. The van der Waals surface area contributed by atoms with Gasteiger partial charge in [0.1, 0.15) is 0 Å². The van der Waals surface area contributed by atoms with Gasteiger partial charge in [-0.15, -0.1) is 11.3 Å². The molecule has 1 aliphatic rings. The molecule has 1 aromatic carbocycles. The molecule has 0 N–H and O–H groups in total. The molecule has 3 heteroatoms. The summed E-state index contributed by atoms with van der Waals surface area (Å²) in [4.78, 5) is 13.6. The van der Waals surface area contributed by atoms with Crippen molar-refractivity contribution in [2.75, 3.05) is 7.11 Å². The van der Waals surface area contributed by atoms with Gasteiger partial charge < -0.3 is 4.74 Å². The zero-order valence-corrected chi connectivity index (χ0v) is 13.5. The normalized spacial score (nSPS) is 17.6. The van der Waals surface area contributed by atoms with Crippen LogP contribution in [-0.2, 0) is 4.74 Å². The van der Waals surface area contributed by atoms with Crippen molar-refractivity contribution in [2.45, 2.75) is 19.3 Å². The topological polar surface area (TPSA) is 26.3 Å². The summed E-state index contributed by atoms with van der Waals surface area (Å²) in [5, 5.41) is 1.94. The fourth-order valence-corrected chi connectivity index (χ4v) is 3.55. The van der Waals surface area contributed by atoms with E-state index in [-0.39, 0.29) is 11.7 Å². The third-order valence-corrected chi connectivity index (χ3v) is 4.93. The Hall–Kier alpha value is -2.13. The van der Waals surface area contributed by atoms with Gasteiger partial charge in [0.2, 0.25) is 0 Å². The predicted molar refractivity (Wildman–Crippen MR) is 90.4 cm³/mol. The van der Waals surface area contributed by atoms with Gasteiger partial charge in [0.05, 0.1) is 17.7 Å². The third-order valence-electron chi connectivity index (χ3n) is 4.06. The molecular formula is C19H18O2S. The Labute approximate surface area is 134 Å². The zero-order valence-electron chi connectivity index (χ0n) is 12.7. The van der Waals surface area contributed by atoms with Gasteiger partial charge in [0.25, 0.3) is 0 Å². The SMILES string of the molecule is COC1=CC=C(C(=O)c2cccs2)[C@H](c2ccccc2C)C1. The summed E-state index contributed by atoms with van der Waals surface area (Å²) in [5.74, 6) is 1.08. The average molecular weight is 310 g/mol. The number of methoxy groups -OCH3 is 1. The Balaban J connectivity index is 2.03. The van der Waals surface area contributed by atoms with Crippen LogP contribution in [0.25, 0.3) is 0 Å². The molecule has 0 saturated carbocycles. The molecule has 1 heterocycles. The summed E-state index contributed by atoms with van der Waals surface area (Å²) in [6.45, 7) is 2.09. The van der Waals surface area contributed by atoms with Crippen LogP contribution in [-0.4, -0.2) is 12.9 Å². The molecule has 1 aromatic heterocycles. The molecule has 0 fully saturated rings. The maximum atomic E-state index is 12.8. The maximum absolute atomic E-state index is 12.8. The van der Waals surface area contributed by atoms with E-state index >= 15 is 0 Å². The number of hydrogen-bond donors (Lipinski definition) is 0. The van der Waals surface area contributed by atoms with Crippen molar-refractivity contribution in [1.29, 1.82) is 0 Å². The molecule has 0 amide bonds. The lowest BCUT2D eigenvalue weighted by Gasteiger charge is -2.25. The van der Waals surface area contributed by atoms with Crippen LogP contribution in [0.3, 0.4) is 0 Å². The molecule has 0 spiro atoms. The number of carbonyl (C=O) groups excluding carboxylic acids is 1. The lowest BCUT2D eigenvalue weighted by atomic mass is 9.80. The Kier molecular flexibility index (Phi) is 4.25. The molecule has 0 saturated heterocycles. The van der Waals surface area contributed by atoms with E-state index in [9.17, 15) is 4.79 Å². The van der Waals surface area contributed by atoms with Gasteiger partial charge in [0.15, 0.2) is 5.78 Å². The molecule has 112 valence electrons. The van der Waals surface area contributed by atoms with Gasteiger partial charge in [0, 0.05) is 17.9 Å². The first-order valence-electron chi connectivity index (χ1n) is 7.29. The molecule has 0 bridgehead atoms. The largest absolute Gasteiger partial charge is 0.501 e. The molecular weight excluding hydrogens is 292 g/mol. The zero-order chi connectivity index (χ0) is 15.5. The van der Waals surface area contributed by atoms with Crippen molar-refractivity contribution in [1.82, 2.24) is 0 Å². The molecule has 2 nitrogen and oxygen atoms in total. The Morgan fingerprint density at radius 1 is 1.18 bits per heavy atom. The highest BCUT2D eigenvalue weighted by Crippen LogP contribution is 2.38. The van der Waals surface area contributed by atoms with Crippen LogP contribution in [0.2, 0.25) is 0 Å². The predicted octanol–water partition coefficient (Wildman–Crippen LogP) is 4.88. The number of benzene rings is 1. The van der Waals surface area contributed by atoms with Crippen molar-refractivity contribution in [2.24, 2.45) is 0 Å². The summed E-state index contributed by atoms with van der Waals surface area (Å²) < 4.78 is 5.41. The van der Waals surface area contributed by atoms with Crippen LogP contribution in [0, 0.1) is 6.92 Å². The van der Waals surface area contributed by atoms with Gasteiger partial charge in [-0.2, -0.15) is 0 Å². The fourth-order valence-electron chi connectivity index (χ4n) is 2.87. The summed E-state index contributed by atoms with van der Waals surface area (Å²) in [7, 11) is 1.68. The smallest absolute Gasteiger partial charge is 0.199 e. The molecule has 3 rings (SSSR count). The first-order valence-corrected chi connectivity index (χ1v) is 8.17. The monoisotopic (exact) mass is 310 g/mol. The number of allylic oxidation sites excluding steroid dienone is 4. The number of aryl methyl sites for hydroxylation is 1. The number of rotatable bonds is 4. The lowest BCUT2D eigenvalue weighted by molar-refractivity contribution is 0.102. The van der Waals surface area contributed by atoms with Gasteiger partial charge >= 0.3 is 0 Å². The Morgan fingerprint density at radius 3 is 2.68 bits per heavy atom. The van der Waals surface area contributed by atoms with Crippen LogP contribution >= 0.6 is 11.3 Å². The van der Waals surface area contributed by atoms with E-state index in [1.165, 1.54) is 22.5 Å². The molecule has 1 atom stereocenters. The molecule has 0 unspecified atom stereocenters. The Bertz CT molecular complexity index is 739. The van der Waals surface area contributed by atoms with Crippen LogP contribution in [0.15, 0.2) is 65.3 Å². The molecule has 0 radical (unpaired) electrons. The minimum absolute atomic E-state index is 0.0516. The second-order valence-corrected chi connectivity index (χ2v) is 6.33. The van der Waals surface area contributed by atoms with Gasteiger partial charge in [-0.1, -0.05) is 36.4 Å². The van der Waals surface area contributed by atoms with Gasteiger partial charge in [-0.25, -0.2) is 0 Å². The van der Waals surface area contributed by atoms with Crippen molar-refractivity contribution in [3.05, 3.63) is 81.3 Å². The third kappa shape index (κ3) is 2.77. The summed E-state index contributed by atoms with van der Waals surface area (Å²) in [6, 6.07) is 12.1. The van der Waals surface area contributed by atoms with Crippen molar-refractivity contribution >= 4 is 17.1 Å². The fraction of sp³-hybridized carbons (Fsp3) is 0.211. The summed E-state index contributed by atoms with van der Waals surface area (Å²) in [5.41, 5.74) is 3.24. The molecule has 0 aliphatic heterocycles. The van der Waals surface area contributed by atoms with Crippen LogP contribution in [0.1, 0.15) is 33.1 Å². The number of Topliss-reactive ketones (excluding diaryl/α,β-unsaturated/α-hetero) is 1. The second kappa shape index (κ2) is 6.32. The molecule has 2 aromatic rings. The molecule has 22 heavy (non-hydrogen) atoms. The Morgan fingerprint density at radius 2 is 2.00 bits per heavy atom. The quantitative estimate of drug-likeness (QED) is 0.752. The van der Waals surface area contributed by atoms with Crippen molar-refractivity contribution < 1.29 is 9.53 Å². The maximum Gasteiger partial charge on any atom is 0.199 e. The number of hydrogen-bond acceptors (Lipinski definition) is 3. The van der Waals surface area contributed by atoms with Crippen molar-refractivity contribution in [3.63, 3.8) is 0 Å². The van der Waals surface area contributed by atoms with E-state index in [0.717, 1.165) is 22.6 Å². The van der Waals surface area contributed by atoms with Crippen molar-refractivity contribution in [3.8, 4) is 0 Å². The number of ketones is 1. The highest BCUT2D eigenvalue weighted by molar-refractivity contribution is 7.12. The second-order valence-electron chi connectivity index (χ2n) is 5.38. The highest BCUT2D eigenvalue weighted by atomic mass is 32.1. The minimum Gasteiger partial charge on any atom is -0.501 e. The van der Waals surface area contributed by atoms with Crippen LogP contribution in [0.4, 0.5) is 0 Å². The van der Waals surface area contributed by atoms with E-state index in [0.29, 0.717) is 0 Å². The van der Waals surface area contributed by atoms with E-state index in [1.54, 1.807) is 7.11 Å². The summed E-state index contributed by atoms with van der Waals surface area (Å²) >= 11 is 1.49. The average Bonchev–Trinajstić information content (AvgIpc) is 3.08. The van der Waals surface area contributed by atoms with Gasteiger partial charge in [-0.05, 0) is 35.6 Å². The van der Waals surface area contributed by atoms with E-state index < -0.39 is 0 Å². The van der Waals surface area contributed by atoms with E-state index in [4.69, 9.17) is 4.74 Å². The number of thiophene rings is 1. The number of ether oxygens (including phenoxy) is 1. The standard InChI is InChI=1S/C19H18O2S/c1-13-6-3-4-7-15(13)17-12-14(21-2)9-10-16(17)19(20)18-8-5-11-22-18/h3-11,17H,12H2,1-2H3/t17-/m0/s1. The first-order chi connectivity index (χ1) is 10.7. The summed E-state index contributed by atoms with van der Waals surface area (Å²) in [6.07, 6.45) is 4.56. The molecule has 1 aliphatic carbocycles. The number of carbonyl (C=O) groups is 1. The van der Waals surface area contributed by atoms with Crippen LogP contribution < -0.4 is 0 Å². The first kappa shape index (κ1) is 14.8. The van der Waals surface area contributed by atoms with Gasteiger partial charge in [-0.3, -0.25) is 4.79 Å². The van der Waals surface area contributed by atoms with E-state index in [1.807, 2.05) is 41.8 Å². The lowest BCUT2D eigenvalue weighted by Crippen LogP contribution is -2.16. The van der Waals surface area contributed by atoms with E-state index in [2.05, 4.69) is 19.1 Å².